The van der Waals surface area contributed by atoms with Gasteiger partial charge in [-0.25, -0.2) is 0 Å². The van der Waals surface area contributed by atoms with Crippen LogP contribution in [0.25, 0.3) is 0 Å². The summed E-state index contributed by atoms with van der Waals surface area (Å²) in [5.74, 6) is -0.662. The zero-order valence-electron chi connectivity index (χ0n) is 12.1. The molecule has 1 aliphatic carbocycles. The summed E-state index contributed by atoms with van der Waals surface area (Å²) in [7, 11) is 0. The predicted octanol–water partition coefficient (Wildman–Crippen LogP) is 4.00. The molecule has 3 rings (SSSR count). The van der Waals surface area contributed by atoms with Gasteiger partial charge in [0.15, 0.2) is 0 Å². The summed E-state index contributed by atoms with van der Waals surface area (Å²) in [6, 6.07) is 12.7. The summed E-state index contributed by atoms with van der Waals surface area (Å²) in [6.07, 6.45) is -3.02. The highest BCUT2D eigenvalue weighted by Gasteiger charge is 2.31. The van der Waals surface area contributed by atoms with Gasteiger partial charge in [-0.1, -0.05) is 24.3 Å². The fraction of sp³-hybridized carbons (Fsp3) is 0.235. The number of rotatable bonds is 3. The summed E-state index contributed by atoms with van der Waals surface area (Å²) in [4.78, 5) is 12.2. The molecule has 1 aliphatic rings. The van der Waals surface area contributed by atoms with E-state index in [4.69, 9.17) is 0 Å². The Hall–Kier alpha value is -2.50. The average molecular weight is 321 g/mol. The molecule has 0 aliphatic heterocycles. The third-order valence-electron chi connectivity index (χ3n) is 3.79. The van der Waals surface area contributed by atoms with Crippen LogP contribution < -0.4 is 10.1 Å². The van der Waals surface area contributed by atoms with E-state index in [1.165, 1.54) is 17.7 Å². The van der Waals surface area contributed by atoms with Crippen molar-refractivity contribution in [1.82, 2.24) is 5.32 Å². The largest absolute Gasteiger partial charge is 0.573 e. The van der Waals surface area contributed by atoms with Crippen molar-refractivity contribution in [2.24, 2.45) is 0 Å². The number of nitrogens with one attached hydrogen (secondary N) is 1. The average Bonchev–Trinajstić information content (AvgIpc) is 2.90. The quantitative estimate of drug-likeness (QED) is 0.928. The number of fused-ring (bicyclic) bond motifs is 1. The van der Waals surface area contributed by atoms with Gasteiger partial charge in [0, 0.05) is 5.56 Å². The maximum absolute atomic E-state index is 12.2. The van der Waals surface area contributed by atoms with E-state index >= 15 is 0 Å². The molecule has 0 spiro atoms. The highest BCUT2D eigenvalue weighted by atomic mass is 19.4. The Morgan fingerprint density at radius 2 is 1.78 bits per heavy atom. The lowest BCUT2D eigenvalue weighted by Gasteiger charge is -2.14. The first kappa shape index (κ1) is 15.4. The molecule has 2 aromatic rings. The Kier molecular flexibility index (Phi) is 3.98. The number of ether oxygens (including phenoxy) is 1. The SMILES string of the molecule is O=C(NC1CCc2ccccc21)c1ccc(OC(F)(F)F)cc1. The molecule has 0 heterocycles. The van der Waals surface area contributed by atoms with Crippen LogP contribution in [0.5, 0.6) is 5.75 Å². The molecule has 0 bridgehead atoms. The molecule has 0 fully saturated rings. The molecular weight excluding hydrogens is 307 g/mol. The van der Waals surface area contributed by atoms with E-state index in [1.54, 1.807) is 0 Å². The molecule has 1 unspecified atom stereocenters. The highest BCUT2D eigenvalue weighted by Crippen LogP contribution is 2.31. The number of amides is 1. The summed E-state index contributed by atoms with van der Waals surface area (Å²) < 4.78 is 40.1. The molecule has 1 amide bonds. The summed E-state index contributed by atoms with van der Waals surface area (Å²) in [6.45, 7) is 0. The van der Waals surface area contributed by atoms with Crippen molar-refractivity contribution in [3.8, 4) is 5.75 Å². The Morgan fingerprint density at radius 3 is 2.48 bits per heavy atom. The van der Waals surface area contributed by atoms with Gasteiger partial charge >= 0.3 is 6.36 Å². The standard InChI is InChI=1S/C17H14F3NO2/c18-17(19,20)23-13-8-5-12(6-9-13)16(22)21-15-10-7-11-3-1-2-4-14(11)15/h1-6,8-9,15H,7,10H2,(H,21,22). The van der Waals surface area contributed by atoms with Crippen molar-refractivity contribution < 1.29 is 22.7 Å². The van der Waals surface area contributed by atoms with E-state index < -0.39 is 6.36 Å². The normalized spacial score (nSPS) is 16.7. The lowest BCUT2D eigenvalue weighted by Crippen LogP contribution is -2.27. The van der Waals surface area contributed by atoms with Gasteiger partial charge in [0.1, 0.15) is 5.75 Å². The van der Waals surface area contributed by atoms with E-state index in [1.807, 2.05) is 24.3 Å². The molecule has 1 atom stereocenters. The van der Waals surface area contributed by atoms with E-state index in [0.717, 1.165) is 30.5 Å². The Labute approximate surface area is 131 Å². The van der Waals surface area contributed by atoms with Crippen LogP contribution in [0, 0.1) is 0 Å². The van der Waals surface area contributed by atoms with Crippen molar-refractivity contribution in [2.45, 2.75) is 25.2 Å². The molecule has 0 saturated carbocycles. The van der Waals surface area contributed by atoms with E-state index in [-0.39, 0.29) is 17.7 Å². The van der Waals surface area contributed by atoms with Gasteiger partial charge in [-0.05, 0) is 48.2 Å². The topological polar surface area (TPSA) is 38.3 Å². The maximum atomic E-state index is 12.2. The van der Waals surface area contributed by atoms with Gasteiger partial charge in [0.25, 0.3) is 5.91 Å². The minimum atomic E-state index is -4.74. The van der Waals surface area contributed by atoms with Gasteiger partial charge in [0.2, 0.25) is 0 Å². The molecular formula is C17H14F3NO2. The number of carbonyl (C=O) groups is 1. The summed E-state index contributed by atoms with van der Waals surface area (Å²) in [5.41, 5.74) is 2.61. The smallest absolute Gasteiger partial charge is 0.406 e. The molecule has 6 heteroatoms. The van der Waals surface area contributed by atoms with Crippen molar-refractivity contribution in [3.05, 3.63) is 65.2 Å². The lowest BCUT2D eigenvalue weighted by atomic mass is 10.1. The summed E-state index contributed by atoms with van der Waals surface area (Å²) in [5, 5.41) is 2.92. The van der Waals surface area contributed by atoms with Crippen LogP contribution in [0.15, 0.2) is 48.5 Å². The van der Waals surface area contributed by atoms with Gasteiger partial charge in [-0.2, -0.15) is 0 Å². The van der Waals surface area contributed by atoms with Crippen LogP contribution in [0.1, 0.15) is 33.9 Å². The number of halogens is 3. The first-order valence-electron chi connectivity index (χ1n) is 7.17. The Morgan fingerprint density at radius 1 is 1.09 bits per heavy atom. The van der Waals surface area contributed by atoms with Gasteiger partial charge in [0.05, 0.1) is 6.04 Å². The predicted molar refractivity (Wildman–Crippen MR) is 78.1 cm³/mol. The molecule has 120 valence electrons. The second-order valence-electron chi connectivity index (χ2n) is 5.34. The fourth-order valence-electron chi connectivity index (χ4n) is 2.76. The van der Waals surface area contributed by atoms with E-state index in [2.05, 4.69) is 10.1 Å². The maximum Gasteiger partial charge on any atom is 0.573 e. The first-order chi connectivity index (χ1) is 10.9. The van der Waals surface area contributed by atoms with Crippen LogP contribution in [0.3, 0.4) is 0 Å². The van der Waals surface area contributed by atoms with Crippen LogP contribution >= 0.6 is 0 Å². The third-order valence-corrected chi connectivity index (χ3v) is 3.79. The highest BCUT2D eigenvalue weighted by molar-refractivity contribution is 5.94. The molecule has 3 nitrogen and oxygen atoms in total. The van der Waals surface area contributed by atoms with Gasteiger partial charge in [-0.3, -0.25) is 4.79 Å². The minimum Gasteiger partial charge on any atom is -0.406 e. The molecule has 0 aromatic heterocycles. The minimum absolute atomic E-state index is 0.0650. The molecule has 0 saturated heterocycles. The number of hydrogen-bond acceptors (Lipinski definition) is 2. The van der Waals surface area contributed by atoms with Crippen LogP contribution in [0.4, 0.5) is 13.2 Å². The van der Waals surface area contributed by atoms with E-state index in [9.17, 15) is 18.0 Å². The number of aryl methyl sites for hydroxylation is 1. The van der Waals surface area contributed by atoms with Crippen molar-refractivity contribution in [3.63, 3.8) is 0 Å². The second kappa shape index (κ2) is 5.95. The Bertz CT molecular complexity index is 711. The number of carbonyl (C=O) groups excluding carboxylic acids is 1. The summed E-state index contributed by atoms with van der Waals surface area (Å²) >= 11 is 0. The Balaban J connectivity index is 1.67. The first-order valence-corrected chi connectivity index (χ1v) is 7.17. The van der Waals surface area contributed by atoms with Crippen LogP contribution in [-0.4, -0.2) is 12.3 Å². The van der Waals surface area contributed by atoms with Crippen molar-refractivity contribution in [2.75, 3.05) is 0 Å². The zero-order valence-corrected chi connectivity index (χ0v) is 12.1. The molecule has 23 heavy (non-hydrogen) atoms. The molecule has 0 radical (unpaired) electrons. The van der Waals surface area contributed by atoms with Crippen molar-refractivity contribution >= 4 is 5.91 Å². The fourth-order valence-corrected chi connectivity index (χ4v) is 2.76. The molecule has 1 N–H and O–H groups in total. The van der Waals surface area contributed by atoms with Gasteiger partial charge < -0.3 is 10.1 Å². The lowest BCUT2D eigenvalue weighted by molar-refractivity contribution is -0.274. The number of benzene rings is 2. The monoisotopic (exact) mass is 321 g/mol. The number of hydrogen-bond donors (Lipinski definition) is 1. The van der Waals surface area contributed by atoms with Crippen LogP contribution in [0.2, 0.25) is 0 Å². The van der Waals surface area contributed by atoms with Gasteiger partial charge in [-0.15, -0.1) is 13.2 Å². The van der Waals surface area contributed by atoms with Crippen molar-refractivity contribution in [1.29, 1.82) is 0 Å². The van der Waals surface area contributed by atoms with Crippen LogP contribution in [-0.2, 0) is 6.42 Å². The third kappa shape index (κ3) is 3.64. The zero-order chi connectivity index (χ0) is 16.4. The number of alkyl halides is 3. The molecule has 2 aromatic carbocycles. The van der Waals surface area contributed by atoms with E-state index in [0.29, 0.717) is 5.56 Å². The second-order valence-corrected chi connectivity index (χ2v) is 5.34.